The number of hydrogen-bond donors (Lipinski definition) is 0. The standard InChI is InChI=1S/C6H14N2.3CH3.Al/c1-7-3-5-8(2)6-4-7;;;;/h3-6H2,1-2H3;3*1H3;. The van der Waals surface area contributed by atoms with Gasteiger partial charge in [0.25, 0.3) is 14.1 Å². The largest absolute Gasteiger partial charge is 0.304 e. The number of piperazine rings is 1. The van der Waals surface area contributed by atoms with Gasteiger partial charge in [-0.15, -0.1) is 17.4 Å². The maximum atomic E-state index is 2.36. The molecule has 0 aromatic heterocycles. The summed E-state index contributed by atoms with van der Waals surface area (Å²) in [5.41, 5.74) is 0. The molecule has 1 aliphatic rings. The second-order valence-electron chi connectivity index (χ2n) is 4.34. The molecule has 2 nitrogen and oxygen atoms in total. The predicted octanol–water partition coefficient (Wildman–Crippen LogP) is 1.23. The first kappa shape index (κ1) is 12.5. The molecule has 0 bridgehead atoms. The van der Waals surface area contributed by atoms with E-state index in [1.54, 1.807) is 0 Å². The van der Waals surface area contributed by atoms with Crippen LogP contribution < -0.4 is 0 Å². The van der Waals surface area contributed by atoms with Crippen LogP contribution in [0.2, 0.25) is 17.4 Å². The Bertz CT molecular complexity index is 85.9. The number of hydrogen-bond acceptors (Lipinski definition) is 2. The Hall–Kier alpha value is 0.452. The highest BCUT2D eigenvalue weighted by molar-refractivity contribution is 6.54. The van der Waals surface area contributed by atoms with Gasteiger partial charge >= 0.3 is 0 Å². The second-order valence-corrected chi connectivity index (χ2v) is 7.80. The molecule has 0 atom stereocenters. The summed E-state index contributed by atoms with van der Waals surface area (Å²) in [6, 6.07) is 0. The van der Waals surface area contributed by atoms with E-state index >= 15 is 0 Å². The highest BCUT2D eigenvalue weighted by Gasteiger charge is 2.07. The molecule has 1 aliphatic heterocycles. The molecule has 0 aliphatic carbocycles. The molecule has 3 heteroatoms. The van der Waals surface area contributed by atoms with E-state index in [0.717, 1.165) is 0 Å². The summed E-state index contributed by atoms with van der Waals surface area (Å²) >= 11 is -0.139. The Balaban J connectivity index is 0.000000261. The minimum atomic E-state index is -0.139. The van der Waals surface area contributed by atoms with Crippen LogP contribution in [0.4, 0.5) is 0 Å². The zero-order chi connectivity index (χ0) is 9.56. The van der Waals surface area contributed by atoms with Crippen LogP contribution in [-0.4, -0.2) is 64.2 Å². The lowest BCUT2D eigenvalue weighted by atomic mass is 10.4. The van der Waals surface area contributed by atoms with Gasteiger partial charge in [0, 0.05) is 26.2 Å². The highest BCUT2D eigenvalue weighted by Crippen LogP contribution is 1.93. The van der Waals surface area contributed by atoms with E-state index in [1.165, 1.54) is 26.2 Å². The summed E-state index contributed by atoms with van der Waals surface area (Å²) in [4.78, 5) is 4.72. The van der Waals surface area contributed by atoms with Gasteiger partial charge in [-0.05, 0) is 14.1 Å². The Morgan fingerprint density at radius 1 is 0.750 bits per heavy atom. The van der Waals surface area contributed by atoms with Gasteiger partial charge in [-0.3, -0.25) is 0 Å². The van der Waals surface area contributed by atoms with Crippen molar-refractivity contribution in [1.82, 2.24) is 9.80 Å². The van der Waals surface area contributed by atoms with Gasteiger partial charge in [0.15, 0.2) is 0 Å². The number of likely N-dealkylation sites (N-methyl/N-ethyl adjacent to an activating group) is 2. The molecule has 0 N–H and O–H groups in total. The van der Waals surface area contributed by atoms with Crippen molar-refractivity contribution in [1.29, 1.82) is 0 Å². The quantitative estimate of drug-likeness (QED) is 0.525. The Kier molecular flexibility index (Phi) is 7.17. The monoisotopic (exact) mass is 186 g/mol. The number of nitrogens with zero attached hydrogens (tertiary/aromatic N) is 2. The van der Waals surface area contributed by atoms with E-state index in [0.29, 0.717) is 0 Å². The summed E-state index contributed by atoms with van der Waals surface area (Å²) in [6.07, 6.45) is 0. The Morgan fingerprint density at radius 3 is 1.08 bits per heavy atom. The second kappa shape index (κ2) is 6.91. The van der Waals surface area contributed by atoms with E-state index in [4.69, 9.17) is 0 Å². The van der Waals surface area contributed by atoms with Crippen LogP contribution in [0.25, 0.3) is 0 Å². The molecule has 0 amide bonds. The average molecular weight is 186 g/mol. The molecule has 0 unspecified atom stereocenters. The summed E-state index contributed by atoms with van der Waals surface area (Å²) in [6.45, 7) is 4.93. The summed E-state index contributed by atoms with van der Waals surface area (Å²) in [5.74, 6) is 6.92. The van der Waals surface area contributed by atoms with Gasteiger partial charge in [0.2, 0.25) is 0 Å². The molecule has 1 fully saturated rings. The minimum absolute atomic E-state index is 0.139. The van der Waals surface area contributed by atoms with Gasteiger partial charge in [-0.1, -0.05) is 0 Å². The molecule has 0 spiro atoms. The lowest BCUT2D eigenvalue weighted by molar-refractivity contribution is 0.181. The Morgan fingerprint density at radius 2 is 0.917 bits per heavy atom. The van der Waals surface area contributed by atoms with Gasteiger partial charge in [0.1, 0.15) is 0 Å². The molecular formula is C9H23AlN2. The van der Waals surface area contributed by atoms with Crippen molar-refractivity contribution < 1.29 is 0 Å². The van der Waals surface area contributed by atoms with E-state index in [2.05, 4.69) is 41.3 Å². The maximum absolute atomic E-state index is 2.36. The van der Waals surface area contributed by atoms with Crippen molar-refractivity contribution in [3.63, 3.8) is 0 Å². The predicted molar refractivity (Wildman–Crippen MR) is 58.3 cm³/mol. The SMILES string of the molecule is CN1CCN(C)CC1.[CH3][Al]([CH3])[CH3]. The summed E-state index contributed by atoms with van der Waals surface area (Å²) < 4.78 is 0. The van der Waals surface area contributed by atoms with Crippen LogP contribution in [0, 0.1) is 0 Å². The number of rotatable bonds is 0. The third-order valence-corrected chi connectivity index (χ3v) is 1.73. The zero-order valence-corrected chi connectivity index (χ0v) is 10.5. The summed E-state index contributed by atoms with van der Waals surface area (Å²) in [5, 5.41) is 0. The highest BCUT2D eigenvalue weighted by atomic mass is 27.2. The van der Waals surface area contributed by atoms with E-state index in [9.17, 15) is 0 Å². The van der Waals surface area contributed by atoms with Crippen LogP contribution in [-0.2, 0) is 0 Å². The van der Waals surface area contributed by atoms with E-state index in [1.807, 2.05) is 0 Å². The zero-order valence-electron chi connectivity index (χ0n) is 9.30. The van der Waals surface area contributed by atoms with Gasteiger partial charge in [-0.2, -0.15) is 0 Å². The first-order chi connectivity index (χ1) is 5.52. The fraction of sp³-hybridized carbons (Fsp3) is 1.00. The van der Waals surface area contributed by atoms with Gasteiger partial charge in [-0.25, -0.2) is 0 Å². The topological polar surface area (TPSA) is 6.48 Å². The molecule has 0 saturated carbocycles. The smallest absolute Gasteiger partial charge is 0.251 e. The van der Waals surface area contributed by atoms with E-state index < -0.39 is 0 Å². The normalized spacial score (nSPS) is 19.8. The van der Waals surface area contributed by atoms with Crippen LogP contribution in [0.5, 0.6) is 0 Å². The van der Waals surface area contributed by atoms with Crippen molar-refractivity contribution in [2.24, 2.45) is 0 Å². The van der Waals surface area contributed by atoms with Crippen LogP contribution in [0.3, 0.4) is 0 Å². The third-order valence-electron chi connectivity index (χ3n) is 1.73. The molecule has 1 heterocycles. The van der Waals surface area contributed by atoms with Crippen molar-refractivity contribution in [2.75, 3.05) is 40.3 Å². The molecule has 0 aromatic rings. The van der Waals surface area contributed by atoms with Crippen molar-refractivity contribution >= 4 is 14.1 Å². The molecule has 12 heavy (non-hydrogen) atoms. The van der Waals surface area contributed by atoms with Crippen molar-refractivity contribution in [3.8, 4) is 0 Å². The fourth-order valence-electron chi connectivity index (χ4n) is 0.906. The lowest BCUT2D eigenvalue weighted by Gasteiger charge is -2.28. The lowest BCUT2D eigenvalue weighted by Crippen LogP contribution is -2.42. The minimum Gasteiger partial charge on any atom is -0.304 e. The molecule has 1 rings (SSSR count). The van der Waals surface area contributed by atoms with Gasteiger partial charge in [0.05, 0.1) is 0 Å². The van der Waals surface area contributed by atoms with Crippen molar-refractivity contribution in [3.05, 3.63) is 0 Å². The molecular weight excluding hydrogens is 163 g/mol. The Labute approximate surface area is 81.9 Å². The first-order valence-corrected chi connectivity index (χ1v) is 8.36. The van der Waals surface area contributed by atoms with Crippen LogP contribution in [0.1, 0.15) is 0 Å². The average Bonchev–Trinajstić information content (AvgIpc) is 1.94. The maximum Gasteiger partial charge on any atom is 0.251 e. The molecule has 72 valence electrons. The fourth-order valence-corrected chi connectivity index (χ4v) is 0.906. The third kappa shape index (κ3) is 8.55. The molecule has 1 saturated heterocycles. The van der Waals surface area contributed by atoms with Crippen LogP contribution in [0.15, 0.2) is 0 Å². The van der Waals surface area contributed by atoms with Crippen LogP contribution >= 0.6 is 0 Å². The van der Waals surface area contributed by atoms with Crippen molar-refractivity contribution in [2.45, 2.75) is 17.4 Å². The first-order valence-electron chi connectivity index (χ1n) is 4.89. The van der Waals surface area contributed by atoms with E-state index in [-0.39, 0.29) is 14.1 Å². The molecule has 0 radical (unpaired) electrons. The molecule has 0 aromatic carbocycles. The summed E-state index contributed by atoms with van der Waals surface area (Å²) in [7, 11) is 4.35. The van der Waals surface area contributed by atoms with Gasteiger partial charge < -0.3 is 9.80 Å².